The van der Waals surface area contributed by atoms with Gasteiger partial charge in [0.05, 0.1) is 6.04 Å². The zero-order chi connectivity index (χ0) is 22.8. The van der Waals surface area contributed by atoms with Crippen molar-refractivity contribution in [2.75, 3.05) is 13.2 Å². The van der Waals surface area contributed by atoms with E-state index in [1.165, 1.54) is 6.92 Å². The molecule has 0 radical (unpaired) electrons. The molecule has 0 spiro atoms. The molecule has 1 N–H and O–H groups in total. The van der Waals surface area contributed by atoms with E-state index in [0.717, 1.165) is 11.1 Å². The van der Waals surface area contributed by atoms with E-state index in [9.17, 15) is 14.4 Å². The Kier molecular flexibility index (Phi) is 8.15. The maximum absolute atomic E-state index is 12.4. The van der Waals surface area contributed by atoms with Crippen LogP contribution in [0.15, 0.2) is 84.9 Å². The molecule has 3 aromatic rings. The number of hydrogen-bond acceptors (Lipinski definition) is 5. The first kappa shape index (κ1) is 22.7. The number of carbonyl (C=O) groups excluding carboxylic acids is 3. The summed E-state index contributed by atoms with van der Waals surface area (Å²) in [5.74, 6) is -0.671. The Morgan fingerprint density at radius 2 is 1.44 bits per heavy atom. The van der Waals surface area contributed by atoms with Crippen molar-refractivity contribution >= 4 is 17.7 Å². The molecule has 1 atom stereocenters. The number of carbonyl (C=O) groups is 3. The van der Waals surface area contributed by atoms with Crippen molar-refractivity contribution in [3.05, 3.63) is 102 Å². The van der Waals surface area contributed by atoms with Crippen molar-refractivity contribution in [1.29, 1.82) is 0 Å². The van der Waals surface area contributed by atoms with Gasteiger partial charge in [0.15, 0.2) is 19.0 Å². The van der Waals surface area contributed by atoms with Crippen LogP contribution in [0.2, 0.25) is 0 Å². The van der Waals surface area contributed by atoms with E-state index < -0.39 is 18.5 Å². The minimum absolute atomic E-state index is 0.0527. The molecule has 0 aliphatic rings. The molecule has 0 heterocycles. The summed E-state index contributed by atoms with van der Waals surface area (Å²) in [7, 11) is 0. The number of rotatable bonds is 10. The molecule has 164 valence electrons. The predicted octanol–water partition coefficient (Wildman–Crippen LogP) is 3.91. The maximum Gasteiger partial charge on any atom is 0.344 e. The van der Waals surface area contributed by atoms with Gasteiger partial charge in [-0.05, 0) is 48.7 Å². The Hall–Kier alpha value is -3.93. The molecular weight excluding hydrogens is 406 g/mol. The zero-order valence-electron chi connectivity index (χ0n) is 17.8. The summed E-state index contributed by atoms with van der Waals surface area (Å²) in [6.45, 7) is 0.739. The van der Waals surface area contributed by atoms with Crippen LogP contribution in [0, 0.1) is 0 Å². The molecule has 32 heavy (non-hydrogen) atoms. The number of nitrogens with one attached hydrogen (secondary N) is 1. The molecule has 1 unspecified atom stereocenters. The number of ketones is 1. The third-order valence-corrected chi connectivity index (χ3v) is 4.80. The molecule has 0 saturated carbocycles. The number of esters is 1. The van der Waals surface area contributed by atoms with E-state index >= 15 is 0 Å². The second-order valence-corrected chi connectivity index (χ2v) is 7.25. The quantitative estimate of drug-likeness (QED) is 0.389. The van der Waals surface area contributed by atoms with Crippen LogP contribution in [0.5, 0.6) is 5.75 Å². The first-order valence-electron chi connectivity index (χ1n) is 10.3. The zero-order valence-corrected chi connectivity index (χ0v) is 17.8. The van der Waals surface area contributed by atoms with Crippen molar-refractivity contribution in [1.82, 2.24) is 5.32 Å². The summed E-state index contributed by atoms with van der Waals surface area (Å²) >= 11 is 0. The van der Waals surface area contributed by atoms with Gasteiger partial charge in [-0.25, -0.2) is 4.79 Å². The number of Topliss-reactive ketones (excluding diaryl/α,β-unsaturated/α-hetero) is 1. The van der Waals surface area contributed by atoms with E-state index in [4.69, 9.17) is 9.47 Å². The number of benzene rings is 3. The van der Waals surface area contributed by atoms with Gasteiger partial charge in [-0.15, -0.1) is 0 Å². The lowest BCUT2D eigenvalue weighted by atomic mass is 9.99. The Morgan fingerprint density at radius 1 is 0.812 bits per heavy atom. The fourth-order valence-electron chi connectivity index (χ4n) is 3.14. The third kappa shape index (κ3) is 7.09. The first-order chi connectivity index (χ1) is 15.5. The monoisotopic (exact) mass is 431 g/mol. The molecule has 3 aromatic carbocycles. The van der Waals surface area contributed by atoms with Crippen LogP contribution in [0.25, 0.3) is 0 Å². The Balaban J connectivity index is 1.49. The fraction of sp³-hybridized carbons (Fsp3) is 0.192. The van der Waals surface area contributed by atoms with Crippen LogP contribution < -0.4 is 10.1 Å². The maximum atomic E-state index is 12.4. The highest BCUT2D eigenvalue weighted by Crippen LogP contribution is 2.18. The van der Waals surface area contributed by atoms with Gasteiger partial charge >= 0.3 is 5.97 Å². The smallest absolute Gasteiger partial charge is 0.344 e. The summed E-state index contributed by atoms with van der Waals surface area (Å²) in [6.07, 6.45) is 0.615. The molecule has 0 aliphatic carbocycles. The Bertz CT molecular complexity index is 1030. The fourth-order valence-corrected chi connectivity index (χ4v) is 3.14. The van der Waals surface area contributed by atoms with Crippen molar-refractivity contribution in [3.8, 4) is 5.75 Å². The largest absolute Gasteiger partial charge is 0.482 e. The predicted molar refractivity (Wildman–Crippen MR) is 120 cm³/mol. The van der Waals surface area contributed by atoms with Crippen LogP contribution in [0.4, 0.5) is 0 Å². The molecule has 6 heteroatoms. The van der Waals surface area contributed by atoms with Gasteiger partial charge in [0.25, 0.3) is 5.91 Å². The molecule has 0 aliphatic heterocycles. The summed E-state index contributed by atoms with van der Waals surface area (Å²) in [4.78, 5) is 35.7. The second kappa shape index (κ2) is 11.5. The van der Waals surface area contributed by atoms with Crippen LogP contribution >= 0.6 is 0 Å². The molecule has 0 bridgehead atoms. The first-order valence-corrected chi connectivity index (χ1v) is 10.3. The lowest BCUT2D eigenvalue weighted by molar-refractivity contribution is -0.150. The van der Waals surface area contributed by atoms with E-state index in [1.807, 2.05) is 60.7 Å². The van der Waals surface area contributed by atoms with Crippen molar-refractivity contribution in [2.24, 2.45) is 0 Å². The molecule has 6 nitrogen and oxygen atoms in total. The standard InChI is InChI=1S/C26H25NO5/c1-19(28)21-12-14-23(15-13-21)31-18-26(30)32-17-25(29)27-24(22-10-6-3-7-11-22)16-20-8-4-2-5-9-20/h2-15,24H,16-18H2,1H3,(H,27,29). The Morgan fingerprint density at radius 3 is 2.06 bits per heavy atom. The van der Waals surface area contributed by atoms with E-state index in [2.05, 4.69) is 5.32 Å². The number of hydrogen-bond donors (Lipinski definition) is 1. The van der Waals surface area contributed by atoms with Gasteiger partial charge in [0.2, 0.25) is 0 Å². The molecular formula is C26H25NO5. The minimum atomic E-state index is -0.657. The number of amides is 1. The van der Waals surface area contributed by atoms with Gasteiger partial charge in [-0.3, -0.25) is 9.59 Å². The van der Waals surface area contributed by atoms with Crippen molar-refractivity contribution < 1.29 is 23.9 Å². The average molecular weight is 431 g/mol. The van der Waals surface area contributed by atoms with Crippen molar-refractivity contribution in [3.63, 3.8) is 0 Å². The highest BCUT2D eigenvalue weighted by Gasteiger charge is 2.17. The minimum Gasteiger partial charge on any atom is -0.482 e. The molecule has 0 saturated heterocycles. The van der Waals surface area contributed by atoms with Crippen LogP contribution in [-0.4, -0.2) is 30.9 Å². The van der Waals surface area contributed by atoms with E-state index in [0.29, 0.717) is 17.7 Å². The summed E-state index contributed by atoms with van der Waals surface area (Å²) in [6, 6.07) is 25.7. The summed E-state index contributed by atoms with van der Waals surface area (Å²) < 4.78 is 10.4. The molecule has 0 fully saturated rings. The second-order valence-electron chi connectivity index (χ2n) is 7.25. The lowest BCUT2D eigenvalue weighted by Crippen LogP contribution is -2.34. The summed E-state index contributed by atoms with van der Waals surface area (Å²) in [5.41, 5.74) is 2.61. The molecule has 0 aromatic heterocycles. The topological polar surface area (TPSA) is 81.7 Å². The van der Waals surface area contributed by atoms with Crippen LogP contribution in [-0.2, 0) is 20.7 Å². The van der Waals surface area contributed by atoms with Gasteiger partial charge in [-0.1, -0.05) is 60.7 Å². The Labute approximate surface area is 187 Å². The van der Waals surface area contributed by atoms with Gasteiger partial charge in [0, 0.05) is 5.56 Å². The lowest BCUT2D eigenvalue weighted by Gasteiger charge is -2.19. The normalized spacial score (nSPS) is 11.3. The number of ether oxygens (including phenoxy) is 2. The SMILES string of the molecule is CC(=O)c1ccc(OCC(=O)OCC(=O)NC(Cc2ccccc2)c2ccccc2)cc1. The highest BCUT2D eigenvalue weighted by atomic mass is 16.6. The average Bonchev–Trinajstić information content (AvgIpc) is 2.82. The third-order valence-electron chi connectivity index (χ3n) is 4.80. The van der Waals surface area contributed by atoms with E-state index in [-0.39, 0.29) is 18.4 Å². The van der Waals surface area contributed by atoms with Crippen LogP contribution in [0.3, 0.4) is 0 Å². The van der Waals surface area contributed by atoms with Gasteiger partial charge in [0.1, 0.15) is 5.75 Å². The van der Waals surface area contributed by atoms with Gasteiger partial charge < -0.3 is 14.8 Å². The summed E-state index contributed by atoms with van der Waals surface area (Å²) in [5, 5.41) is 2.94. The van der Waals surface area contributed by atoms with Gasteiger partial charge in [-0.2, -0.15) is 0 Å². The van der Waals surface area contributed by atoms with Crippen LogP contribution in [0.1, 0.15) is 34.5 Å². The van der Waals surface area contributed by atoms with Crippen molar-refractivity contribution in [2.45, 2.75) is 19.4 Å². The highest BCUT2D eigenvalue weighted by molar-refractivity contribution is 5.94. The molecule has 1 amide bonds. The molecule has 3 rings (SSSR count). The van der Waals surface area contributed by atoms with E-state index in [1.54, 1.807) is 24.3 Å².